The average molecular weight is 344 g/mol. The highest BCUT2D eigenvalue weighted by Crippen LogP contribution is 2.33. The van der Waals surface area contributed by atoms with Crippen LogP contribution in [0.2, 0.25) is 0 Å². The topological polar surface area (TPSA) is 59.1 Å². The lowest BCUT2D eigenvalue weighted by atomic mass is 10.0. The van der Waals surface area contributed by atoms with Crippen molar-refractivity contribution in [1.29, 1.82) is 0 Å². The fourth-order valence-corrected chi connectivity index (χ4v) is 4.01. The van der Waals surface area contributed by atoms with E-state index in [0.717, 1.165) is 11.3 Å². The number of piperidine rings is 1. The molecule has 3 saturated heterocycles. The van der Waals surface area contributed by atoms with Gasteiger partial charge in [0.2, 0.25) is 11.8 Å². The third kappa shape index (κ3) is 3.04. The minimum Gasteiger partial charge on any atom is -0.347 e. The fraction of sp³-hybridized carbons (Fsp3) is 0.579. The second-order valence-electron chi connectivity index (χ2n) is 7.09. The van der Waals surface area contributed by atoms with Crippen molar-refractivity contribution in [2.24, 2.45) is 0 Å². The Morgan fingerprint density at radius 1 is 1.12 bits per heavy atom. The second-order valence-corrected chi connectivity index (χ2v) is 7.09. The molecule has 0 aromatic heterocycles. The lowest BCUT2D eigenvalue weighted by Crippen LogP contribution is -2.53. The molecule has 1 aromatic rings. The molecule has 3 aliphatic heterocycles. The van der Waals surface area contributed by atoms with Gasteiger partial charge in [0.05, 0.1) is 13.2 Å². The minimum absolute atomic E-state index is 0.0261. The Morgan fingerprint density at radius 2 is 1.76 bits per heavy atom. The SMILES string of the molecule is Cc1ccc(N2C(=O)CCC2C(=O)N2CCC3(CC2)OCCO3)cc1. The van der Waals surface area contributed by atoms with Crippen molar-refractivity contribution in [3.05, 3.63) is 29.8 Å². The maximum Gasteiger partial charge on any atom is 0.245 e. The van der Waals surface area contributed by atoms with E-state index in [1.807, 2.05) is 36.1 Å². The smallest absolute Gasteiger partial charge is 0.245 e. The molecule has 0 aliphatic carbocycles. The normalized spacial score (nSPS) is 25.8. The zero-order valence-electron chi connectivity index (χ0n) is 14.6. The average Bonchev–Trinajstić information content (AvgIpc) is 3.23. The quantitative estimate of drug-likeness (QED) is 0.822. The monoisotopic (exact) mass is 344 g/mol. The number of carbonyl (C=O) groups excluding carboxylic acids is 2. The Kier molecular flexibility index (Phi) is 4.25. The number of ether oxygens (including phenoxy) is 2. The molecule has 0 N–H and O–H groups in total. The zero-order valence-corrected chi connectivity index (χ0v) is 14.6. The number of hydrogen-bond donors (Lipinski definition) is 0. The summed E-state index contributed by atoms with van der Waals surface area (Å²) in [6.07, 6.45) is 2.41. The van der Waals surface area contributed by atoms with Crippen LogP contribution in [0.3, 0.4) is 0 Å². The Labute approximate surface area is 147 Å². The van der Waals surface area contributed by atoms with Gasteiger partial charge in [0.15, 0.2) is 5.79 Å². The summed E-state index contributed by atoms with van der Waals surface area (Å²) in [6, 6.07) is 7.40. The molecule has 4 rings (SSSR count). The van der Waals surface area contributed by atoms with E-state index in [2.05, 4.69) is 0 Å². The highest BCUT2D eigenvalue weighted by Gasteiger charge is 2.44. The van der Waals surface area contributed by atoms with E-state index < -0.39 is 11.8 Å². The molecular weight excluding hydrogens is 320 g/mol. The van der Waals surface area contributed by atoms with Gasteiger partial charge in [0, 0.05) is 38.0 Å². The molecule has 3 heterocycles. The summed E-state index contributed by atoms with van der Waals surface area (Å²) in [7, 11) is 0. The number of anilines is 1. The van der Waals surface area contributed by atoms with Crippen LogP contribution in [0.4, 0.5) is 5.69 Å². The molecule has 25 heavy (non-hydrogen) atoms. The number of rotatable bonds is 2. The van der Waals surface area contributed by atoms with Crippen LogP contribution in [0.1, 0.15) is 31.2 Å². The van der Waals surface area contributed by atoms with E-state index in [1.165, 1.54) is 0 Å². The van der Waals surface area contributed by atoms with E-state index in [0.29, 0.717) is 52.0 Å². The van der Waals surface area contributed by atoms with Gasteiger partial charge in [-0.2, -0.15) is 0 Å². The van der Waals surface area contributed by atoms with Crippen molar-refractivity contribution in [1.82, 2.24) is 4.90 Å². The van der Waals surface area contributed by atoms with Gasteiger partial charge in [0.25, 0.3) is 0 Å². The van der Waals surface area contributed by atoms with Crippen LogP contribution < -0.4 is 4.90 Å². The molecule has 3 aliphatic rings. The van der Waals surface area contributed by atoms with Crippen molar-refractivity contribution in [2.75, 3.05) is 31.2 Å². The van der Waals surface area contributed by atoms with Gasteiger partial charge in [-0.1, -0.05) is 17.7 Å². The van der Waals surface area contributed by atoms with Crippen LogP contribution in [0.25, 0.3) is 0 Å². The molecule has 0 saturated carbocycles. The molecule has 0 radical (unpaired) electrons. The highest BCUT2D eigenvalue weighted by atomic mass is 16.7. The highest BCUT2D eigenvalue weighted by molar-refractivity contribution is 6.03. The van der Waals surface area contributed by atoms with E-state index >= 15 is 0 Å². The van der Waals surface area contributed by atoms with Gasteiger partial charge in [-0.25, -0.2) is 0 Å². The van der Waals surface area contributed by atoms with Gasteiger partial charge in [0.1, 0.15) is 6.04 Å². The Balaban J connectivity index is 1.47. The molecule has 2 amide bonds. The molecular formula is C19H24N2O4. The summed E-state index contributed by atoms with van der Waals surface area (Å²) in [5.74, 6) is -0.420. The van der Waals surface area contributed by atoms with Gasteiger partial charge < -0.3 is 14.4 Å². The van der Waals surface area contributed by atoms with Crippen LogP contribution in [0, 0.1) is 6.92 Å². The van der Waals surface area contributed by atoms with Crippen molar-refractivity contribution in [3.8, 4) is 0 Å². The van der Waals surface area contributed by atoms with Gasteiger partial charge in [-0.15, -0.1) is 0 Å². The van der Waals surface area contributed by atoms with Crippen molar-refractivity contribution in [2.45, 2.75) is 44.4 Å². The lowest BCUT2D eigenvalue weighted by Gasteiger charge is -2.39. The first-order chi connectivity index (χ1) is 12.1. The van der Waals surface area contributed by atoms with Crippen LogP contribution in [-0.4, -0.2) is 54.8 Å². The number of hydrogen-bond acceptors (Lipinski definition) is 4. The Hall–Kier alpha value is -1.92. The second kappa shape index (κ2) is 6.42. The summed E-state index contributed by atoms with van der Waals surface area (Å²) in [6.45, 7) is 4.50. The van der Waals surface area contributed by atoms with Gasteiger partial charge >= 0.3 is 0 Å². The summed E-state index contributed by atoms with van der Waals surface area (Å²) in [4.78, 5) is 29.0. The third-order valence-corrected chi connectivity index (χ3v) is 5.46. The summed E-state index contributed by atoms with van der Waals surface area (Å²) < 4.78 is 11.5. The van der Waals surface area contributed by atoms with Crippen molar-refractivity contribution < 1.29 is 19.1 Å². The predicted octanol–water partition coefficient (Wildman–Crippen LogP) is 1.86. The summed E-state index contributed by atoms with van der Waals surface area (Å²) >= 11 is 0. The molecule has 6 nitrogen and oxygen atoms in total. The zero-order chi connectivity index (χ0) is 17.4. The molecule has 1 spiro atoms. The van der Waals surface area contributed by atoms with Gasteiger partial charge in [-0.3, -0.25) is 14.5 Å². The van der Waals surface area contributed by atoms with Crippen LogP contribution in [-0.2, 0) is 19.1 Å². The summed E-state index contributed by atoms with van der Waals surface area (Å²) in [5, 5.41) is 0. The Morgan fingerprint density at radius 3 is 2.40 bits per heavy atom. The predicted molar refractivity (Wildman–Crippen MR) is 92.1 cm³/mol. The van der Waals surface area contributed by atoms with Crippen LogP contribution in [0.5, 0.6) is 0 Å². The first kappa shape index (κ1) is 16.5. The van der Waals surface area contributed by atoms with E-state index in [1.54, 1.807) is 4.90 Å². The molecule has 1 unspecified atom stereocenters. The fourth-order valence-electron chi connectivity index (χ4n) is 4.01. The van der Waals surface area contributed by atoms with Crippen LogP contribution >= 0.6 is 0 Å². The molecule has 1 atom stereocenters. The molecule has 3 fully saturated rings. The lowest BCUT2D eigenvalue weighted by molar-refractivity contribution is -0.187. The number of carbonyl (C=O) groups is 2. The number of benzene rings is 1. The first-order valence-electron chi connectivity index (χ1n) is 9.03. The third-order valence-electron chi connectivity index (χ3n) is 5.46. The molecule has 134 valence electrons. The summed E-state index contributed by atoms with van der Waals surface area (Å²) in [5.41, 5.74) is 1.94. The van der Waals surface area contributed by atoms with E-state index in [-0.39, 0.29) is 11.8 Å². The standard InChI is InChI=1S/C19H24N2O4/c1-14-2-4-15(5-3-14)21-16(6-7-17(21)22)18(23)20-10-8-19(9-11-20)24-12-13-25-19/h2-5,16H,6-13H2,1H3. The Bertz CT molecular complexity index is 657. The number of amides is 2. The van der Waals surface area contributed by atoms with Crippen LogP contribution in [0.15, 0.2) is 24.3 Å². The molecule has 0 bridgehead atoms. The molecule has 1 aromatic carbocycles. The number of likely N-dealkylation sites (tertiary alicyclic amines) is 1. The maximum absolute atomic E-state index is 13.1. The van der Waals surface area contributed by atoms with E-state index in [4.69, 9.17) is 9.47 Å². The molecule has 6 heteroatoms. The first-order valence-corrected chi connectivity index (χ1v) is 9.03. The van der Waals surface area contributed by atoms with Crippen molar-refractivity contribution in [3.63, 3.8) is 0 Å². The maximum atomic E-state index is 13.1. The van der Waals surface area contributed by atoms with Crippen molar-refractivity contribution >= 4 is 17.5 Å². The largest absolute Gasteiger partial charge is 0.347 e. The van der Waals surface area contributed by atoms with Gasteiger partial charge in [-0.05, 0) is 25.5 Å². The minimum atomic E-state index is -0.487. The number of nitrogens with zero attached hydrogens (tertiary/aromatic N) is 2. The van der Waals surface area contributed by atoms with E-state index in [9.17, 15) is 9.59 Å². The number of aryl methyl sites for hydroxylation is 1.